The highest BCUT2D eigenvalue weighted by Gasteiger charge is 2.53. The number of amides is 1. The fourth-order valence-corrected chi connectivity index (χ4v) is 4.73. The fourth-order valence-electron chi connectivity index (χ4n) is 4.73. The number of esters is 1. The van der Waals surface area contributed by atoms with Crippen LogP contribution in [0.4, 0.5) is 0 Å². The molecule has 1 amide bonds. The first-order chi connectivity index (χ1) is 11.9. The molecular formula is C21H27NO3. The molecule has 1 heterocycles. The fraction of sp³-hybridized carbons (Fsp3) is 0.619. The first kappa shape index (κ1) is 16.6. The van der Waals surface area contributed by atoms with Gasteiger partial charge in [0.2, 0.25) is 5.91 Å². The molecule has 2 aliphatic carbocycles. The van der Waals surface area contributed by atoms with E-state index in [4.69, 9.17) is 4.74 Å². The number of benzene rings is 1. The van der Waals surface area contributed by atoms with Crippen molar-refractivity contribution in [3.05, 3.63) is 34.9 Å². The summed E-state index contributed by atoms with van der Waals surface area (Å²) in [6.07, 6.45) is 4.25. The maximum Gasteiger partial charge on any atom is 0.306 e. The number of aryl methyl sites for hydroxylation is 2. The van der Waals surface area contributed by atoms with Crippen molar-refractivity contribution in [1.29, 1.82) is 0 Å². The maximum absolute atomic E-state index is 12.7. The van der Waals surface area contributed by atoms with Gasteiger partial charge in [-0.05, 0) is 62.1 Å². The van der Waals surface area contributed by atoms with Crippen LogP contribution in [-0.2, 0) is 14.3 Å². The molecule has 3 fully saturated rings. The van der Waals surface area contributed by atoms with Crippen LogP contribution in [0, 0.1) is 25.2 Å². The van der Waals surface area contributed by atoms with Gasteiger partial charge in [0, 0.05) is 24.4 Å². The summed E-state index contributed by atoms with van der Waals surface area (Å²) in [6.45, 7) is 4.82. The quantitative estimate of drug-likeness (QED) is 0.792. The minimum absolute atomic E-state index is 0.0280. The van der Waals surface area contributed by atoms with Crippen molar-refractivity contribution in [1.82, 2.24) is 4.90 Å². The van der Waals surface area contributed by atoms with Crippen molar-refractivity contribution in [3.63, 3.8) is 0 Å². The predicted octanol–water partition coefficient (Wildman–Crippen LogP) is 3.35. The summed E-state index contributed by atoms with van der Waals surface area (Å²) in [5, 5.41) is 0. The summed E-state index contributed by atoms with van der Waals surface area (Å²) >= 11 is 0. The Kier molecular flexibility index (Phi) is 3.89. The second-order valence-corrected chi connectivity index (χ2v) is 8.56. The molecule has 4 rings (SSSR count). The lowest BCUT2D eigenvalue weighted by Gasteiger charge is -2.47. The van der Waals surface area contributed by atoms with Crippen molar-refractivity contribution < 1.29 is 14.3 Å². The van der Waals surface area contributed by atoms with E-state index < -0.39 is 0 Å². The summed E-state index contributed by atoms with van der Waals surface area (Å²) in [6, 6.07) is 7.09. The smallest absolute Gasteiger partial charge is 0.306 e. The molecule has 0 aromatic heterocycles. The topological polar surface area (TPSA) is 46.6 Å². The molecule has 2 saturated carbocycles. The number of nitrogens with zero attached hydrogens (tertiary/aromatic N) is 1. The average molecular weight is 341 g/mol. The molecule has 0 unspecified atom stereocenters. The van der Waals surface area contributed by atoms with Crippen LogP contribution >= 0.6 is 0 Å². The van der Waals surface area contributed by atoms with E-state index in [9.17, 15) is 9.59 Å². The first-order valence-electron chi connectivity index (χ1n) is 9.36. The summed E-state index contributed by atoms with van der Waals surface area (Å²) in [4.78, 5) is 26.0. The Morgan fingerprint density at radius 1 is 1.20 bits per heavy atom. The molecule has 1 aromatic carbocycles. The van der Waals surface area contributed by atoms with Gasteiger partial charge >= 0.3 is 5.97 Å². The zero-order valence-electron chi connectivity index (χ0n) is 15.4. The lowest BCUT2D eigenvalue weighted by molar-refractivity contribution is -0.146. The molecule has 1 aliphatic heterocycles. The molecule has 0 radical (unpaired) electrons. The highest BCUT2D eigenvalue weighted by Crippen LogP contribution is 2.52. The van der Waals surface area contributed by atoms with E-state index in [-0.39, 0.29) is 23.2 Å². The molecule has 1 spiro atoms. The van der Waals surface area contributed by atoms with E-state index in [1.165, 1.54) is 16.7 Å². The van der Waals surface area contributed by atoms with Crippen LogP contribution in [0.25, 0.3) is 0 Å². The van der Waals surface area contributed by atoms with Crippen molar-refractivity contribution >= 4 is 11.9 Å². The van der Waals surface area contributed by atoms with Gasteiger partial charge in [0.1, 0.15) is 0 Å². The molecular weight excluding hydrogens is 314 g/mol. The lowest BCUT2D eigenvalue weighted by atomic mass is 9.61. The second-order valence-electron chi connectivity index (χ2n) is 8.56. The third-order valence-corrected chi connectivity index (χ3v) is 6.78. The maximum atomic E-state index is 12.7. The Labute approximate surface area is 149 Å². The molecule has 4 heteroatoms. The molecule has 134 valence electrons. The van der Waals surface area contributed by atoms with Crippen LogP contribution in [0.2, 0.25) is 0 Å². The van der Waals surface area contributed by atoms with E-state index in [1.54, 1.807) is 0 Å². The van der Waals surface area contributed by atoms with Gasteiger partial charge in [-0.1, -0.05) is 18.2 Å². The van der Waals surface area contributed by atoms with E-state index in [0.717, 1.165) is 25.7 Å². The van der Waals surface area contributed by atoms with Gasteiger partial charge in [-0.25, -0.2) is 0 Å². The van der Waals surface area contributed by atoms with Crippen LogP contribution in [0.15, 0.2) is 18.2 Å². The Balaban J connectivity index is 1.30. The average Bonchev–Trinajstić information content (AvgIpc) is 2.89. The normalized spacial score (nSPS) is 33.6. The third kappa shape index (κ3) is 2.86. The van der Waals surface area contributed by atoms with Gasteiger partial charge in [-0.15, -0.1) is 0 Å². The number of ether oxygens (including phenoxy) is 1. The van der Waals surface area contributed by atoms with Gasteiger partial charge in [-0.3, -0.25) is 9.59 Å². The minimum atomic E-state index is -0.102. The van der Waals surface area contributed by atoms with Gasteiger partial charge < -0.3 is 9.64 Å². The molecule has 25 heavy (non-hydrogen) atoms. The number of hydrogen-bond acceptors (Lipinski definition) is 3. The Hall–Kier alpha value is -1.84. The number of carbonyl (C=O) groups excluding carboxylic acids is 2. The molecule has 4 nitrogen and oxygen atoms in total. The Morgan fingerprint density at radius 2 is 1.92 bits per heavy atom. The number of rotatable bonds is 3. The number of hydrogen-bond donors (Lipinski definition) is 0. The highest BCUT2D eigenvalue weighted by molar-refractivity contribution is 5.81. The number of cyclic esters (lactones) is 1. The summed E-state index contributed by atoms with van der Waals surface area (Å²) in [5.41, 5.74) is 4.06. The van der Waals surface area contributed by atoms with E-state index in [0.29, 0.717) is 25.0 Å². The van der Waals surface area contributed by atoms with Crippen LogP contribution in [0.3, 0.4) is 0 Å². The molecule has 0 atom stereocenters. The molecule has 0 N–H and O–H groups in total. The molecule has 0 bridgehead atoms. The SMILES string of the molecule is Cc1ccc(C2CC(N(C)C(=O)C3CC4(COC(=O)C4)C3)C2)cc1C. The summed E-state index contributed by atoms with van der Waals surface area (Å²) in [5.74, 6) is 0.816. The van der Waals surface area contributed by atoms with Crippen molar-refractivity contribution in [2.24, 2.45) is 11.3 Å². The van der Waals surface area contributed by atoms with Gasteiger partial charge in [0.05, 0.1) is 13.0 Å². The van der Waals surface area contributed by atoms with E-state index in [2.05, 4.69) is 32.0 Å². The van der Waals surface area contributed by atoms with Crippen LogP contribution < -0.4 is 0 Å². The molecule has 1 aromatic rings. The number of carbonyl (C=O) groups is 2. The molecule has 1 saturated heterocycles. The predicted molar refractivity (Wildman–Crippen MR) is 95.2 cm³/mol. The lowest BCUT2D eigenvalue weighted by Crippen LogP contribution is -2.51. The molecule has 3 aliphatic rings. The third-order valence-electron chi connectivity index (χ3n) is 6.78. The zero-order chi connectivity index (χ0) is 17.8. The van der Waals surface area contributed by atoms with Crippen LogP contribution in [0.5, 0.6) is 0 Å². The van der Waals surface area contributed by atoms with Gasteiger partial charge in [-0.2, -0.15) is 0 Å². The highest BCUT2D eigenvalue weighted by atomic mass is 16.5. The Bertz CT molecular complexity index is 714. The summed E-state index contributed by atoms with van der Waals surface area (Å²) in [7, 11) is 1.95. The largest absolute Gasteiger partial charge is 0.465 e. The monoisotopic (exact) mass is 341 g/mol. The van der Waals surface area contributed by atoms with Gasteiger partial charge in [0.25, 0.3) is 0 Å². The van der Waals surface area contributed by atoms with E-state index in [1.807, 2.05) is 11.9 Å². The summed E-state index contributed by atoms with van der Waals surface area (Å²) < 4.78 is 5.10. The standard InChI is InChI=1S/C21H27NO3/c1-13-4-5-15(6-14(13)2)16-7-18(8-16)22(3)20(24)17-9-21(10-17)11-19(23)25-12-21/h4-6,16-18H,7-12H2,1-3H3. The van der Waals surface area contributed by atoms with Gasteiger partial charge in [0.15, 0.2) is 0 Å². The van der Waals surface area contributed by atoms with Crippen LogP contribution in [-0.4, -0.2) is 36.5 Å². The zero-order valence-corrected chi connectivity index (χ0v) is 15.4. The van der Waals surface area contributed by atoms with Crippen molar-refractivity contribution in [3.8, 4) is 0 Å². The first-order valence-corrected chi connectivity index (χ1v) is 9.36. The Morgan fingerprint density at radius 3 is 2.52 bits per heavy atom. The van der Waals surface area contributed by atoms with Crippen LogP contribution in [0.1, 0.15) is 54.7 Å². The van der Waals surface area contributed by atoms with Crippen molar-refractivity contribution in [2.75, 3.05) is 13.7 Å². The van der Waals surface area contributed by atoms with Crippen molar-refractivity contribution in [2.45, 2.75) is 57.9 Å². The minimum Gasteiger partial charge on any atom is -0.465 e. The van der Waals surface area contributed by atoms with E-state index >= 15 is 0 Å². The second kappa shape index (κ2) is 5.86.